The normalized spacial score (nSPS) is 12.9. The predicted molar refractivity (Wildman–Crippen MR) is 42.3 cm³/mol. The van der Waals surface area contributed by atoms with Crippen LogP contribution in [0.4, 0.5) is 0 Å². The molecule has 1 rings (SSSR count). The smallest absolute Gasteiger partial charge is 0.247 e. The minimum Gasteiger partial charge on any atom is -0.388 e. The second-order valence-corrected chi connectivity index (χ2v) is 2.41. The Hall–Kier alpha value is -1.09. The molecule has 1 atom stereocenters. The van der Waals surface area contributed by atoms with Gasteiger partial charge in [0.05, 0.1) is 6.10 Å². The van der Waals surface area contributed by atoms with Crippen LogP contribution in [0.5, 0.6) is 0 Å². The molecule has 0 aromatic carbocycles. The zero-order valence-electron chi connectivity index (χ0n) is 6.37. The zero-order chi connectivity index (χ0) is 8.27. The second-order valence-electron chi connectivity index (χ2n) is 2.41. The van der Waals surface area contributed by atoms with Crippen molar-refractivity contribution in [3.63, 3.8) is 0 Å². The molecule has 0 saturated carbocycles. The van der Waals surface area contributed by atoms with E-state index in [1.807, 2.05) is 6.92 Å². The van der Waals surface area contributed by atoms with Crippen LogP contribution in [0.25, 0.3) is 0 Å². The number of aromatic amines is 1. The van der Waals surface area contributed by atoms with E-state index in [1.165, 1.54) is 12.3 Å². The van der Waals surface area contributed by atoms with Crippen LogP contribution < -0.4 is 5.56 Å². The molecule has 0 radical (unpaired) electrons. The Labute approximate surface area is 64.7 Å². The van der Waals surface area contributed by atoms with E-state index in [0.717, 1.165) is 5.56 Å². The average molecular weight is 153 g/mol. The van der Waals surface area contributed by atoms with Crippen molar-refractivity contribution in [2.24, 2.45) is 0 Å². The summed E-state index contributed by atoms with van der Waals surface area (Å²) in [6.45, 7) is 1.88. The first kappa shape index (κ1) is 8.01. The van der Waals surface area contributed by atoms with E-state index in [9.17, 15) is 9.90 Å². The molecule has 3 nitrogen and oxygen atoms in total. The fraction of sp³-hybridized carbons (Fsp3) is 0.375. The van der Waals surface area contributed by atoms with Gasteiger partial charge in [-0.25, -0.2) is 0 Å². The van der Waals surface area contributed by atoms with Gasteiger partial charge in [0.2, 0.25) is 5.56 Å². The van der Waals surface area contributed by atoms with Crippen molar-refractivity contribution in [3.8, 4) is 0 Å². The number of aliphatic hydroxyl groups excluding tert-OH is 1. The highest BCUT2D eigenvalue weighted by Gasteiger charge is 2.02. The lowest BCUT2D eigenvalue weighted by atomic mass is 10.1. The average Bonchev–Trinajstić information content (AvgIpc) is 2.05. The molecule has 3 heteroatoms. The van der Waals surface area contributed by atoms with Crippen LogP contribution in [0.15, 0.2) is 23.1 Å². The van der Waals surface area contributed by atoms with Gasteiger partial charge in [0.15, 0.2) is 0 Å². The number of hydrogen-bond donors (Lipinski definition) is 2. The number of H-pyrrole nitrogens is 1. The van der Waals surface area contributed by atoms with Crippen molar-refractivity contribution in [3.05, 3.63) is 34.2 Å². The van der Waals surface area contributed by atoms with Gasteiger partial charge in [0, 0.05) is 12.3 Å². The van der Waals surface area contributed by atoms with Crippen LogP contribution in [0.1, 0.15) is 25.0 Å². The molecular weight excluding hydrogens is 142 g/mol. The number of hydrogen-bond acceptors (Lipinski definition) is 2. The second kappa shape index (κ2) is 3.34. The molecule has 60 valence electrons. The molecule has 0 aliphatic carbocycles. The van der Waals surface area contributed by atoms with Gasteiger partial charge in [-0.2, -0.15) is 0 Å². The van der Waals surface area contributed by atoms with Crippen molar-refractivity contribution in [1.82, 2.24) is 4.98 Å². The lowest BCUT2D eigenvalue weighted by Crippen LogP contribution is -2.05. The number of pyridine rings is 1. The molecule has 0 aliphatic heterocycles. The van der Waals surface area contributed by atoms with Gasteiger partial charge in [-0.05, 0) is 18.1 Å². The first-order valence-electron chi connectivity index (χ1n) is 3.60. The van der Waals surface area contributed by atoms with Crippen molar-refractivity contribution >= 4 is 0 Å². The molecule has 0 aliphatic rings. The van der Waals surface area contributed by atoms with Crippen LogP contribution in [0, 0.1) is 0 Å². The third-order valence-electron chi connectivity index (χ3n) is 1.58. The SMILES string of the molecule is CC[C@@H](O)c1ccc(=O)[nH]c1. The molecule has 0 spiro atoms. The van der Waals surface area contributed by atoms with E-state index in [4.69, 9.17) is 0 Å². The Kier molecular flexibility index (Phi) is 2.44. The van der Waals surface area contributed by atoms with Gasteiger partial charge in [0.1, 0.15) is 0 Å². The minimum atomic E-state index is -0.466. The van der Waals surface area contributed by atoms with E-state index >= 15 is 0 Å². The summed E-state index contributed by atoms with van der Waals surface area (Å²) in [6, 6.07) is 3.04. The van der Waals surface area contributed by atoms with Crippen LogP contribution in [0.3, 0.4) is 0 Å². The molecule has 11 heavy (non-hydrogen) atoms. The Bertz CT molecular complexity index is 259. The van der Waals surface area contributed by atoms with Gasteiger partial charge in [0.25, 0.3) is 0 Å². The van der Waals surface area contributed by atoms with Crippen LogP contribution in [-0.4, -0.2) is 10.1 Å². The maximum Gasteiger partial charge on any atom is 0.247 e. The summed E-state index contributed by atoms with van der Waals surface area (Å²) in [7, 11) is 0. The van der Waals surface area contributed by atoms with Crippen molar-refractivity contribution in [1.29, 1.82) is 0 Å². The quantitative estimate of drug-likeness (QED) is 0.660. The van der Waals surface area contributed by atoms with Crippen molar-refractivity contribution in [2.75, 3.05) is 0 Å². The maximum absolute atomic E-state index is 10.6. The first-order chi connectivity index (χ1) is 5.24. The van der Waals surface area contributed by atoms with Crippen LogP contribution >= 0.6 is 0 Å². The van der Waals surface area contributed by atoms with Crippen molar-refractivity contribution in [2.45, 2.75) is 19.4 Å². The third kappa shape index (κ3) is 1.91. The topological polar surface area (TPSA) is 53.1 Å². The van der Waals surface area contributed by atoms with Crippen LogP contribution in [-0.2, 0) is 0 Å². The lowest BCUT2D eigenvalue weighted by molar-refractivity contribution is 0.173. The molecule has 2 N–H and O–H groups in total. The lowest BCUT2D eigenvalue weighted by Gasteiger charge is -2.05. The summed E-state index contributed by atoms with van der Waals surface area (Å²) in [4.78, 5) is 13.1. The first-order valence-corrected chi connectivity index (χ1v) is 3.60. The molecule has 0 fully saturated rings. The number of aromatic nitrogens is 1. The largest absolute Gasteiger partial charge is 0.388 e. The molecule has 1 aromatic heterocycles. The standard InChI is InChI=1S/C8H11NO2/c1-2-7(10)6-3-4-8(11)9-5-6/h3-5,7,10H,2H2,1H3,(H,9,11)/t7-/m1/s1. The fourth-order valence-electron chi connectivity index (χ4n) is 0.866. The molecular formula is C8H11NO2. The fourth-order valence-corrected chi connectivity index (χ4v) is 0.866. The monoisotopic (exact) mass is 153 g/mol. The zero-order valence-corrected chi connectivity index (χ0v) is 6.37. The van der Waals surface area contributed by atoms with Gasteiger partial charge in [-0.1, -0.05) is 6.92 Å². The Morgan fingerprint density at radius 1 is 1.64 bits per heavy atom. The van der Waals surface area contributed by atoms with E-state index in [1.54, 1.807) is 6.07 Å². The number of aliphatic hydroxyl groups is 1. The highest BCUT2D eigenvalue weighted by Crippen LogP contribution is 2.12. The van der Waals surface area contributed by atoms with Gasteiger partial charge in [-0.15, -0.1) is 0 Å². The van der Waals surface area contributed by atoms with E-state index in [-0.39, 0.29) is 5.56 Å². The summed E-state index contributed by atoms with van der Waals surface area (Å²) < 4.78 is 0. The number of nitrogens with one attached hydrogen (secondary N) is 1. The Morgan fingerprint density at radius 2 is 2.36 bits per heavy atom. The maximum atomic E-state index is 10.6. The summed E-state index contributed by atoms with van der Waals surface area (Å²) in [5.74, 6) is 0. The summed E-state index contributed by atoms with van der Waals surface area (Å²) in [6.07, 6.45) is 1.73. The van der Waals surface area contributed by atoms with Gasteiger partial charge in [-0.3, -0.25) is 4.79 Å². The molecule has 0 unspecified atom stereocenters. The molecule has 1 heterocycles. The summed E-state index contributed by atoms with van der Waals surface area (Å²) in [5, 5.41) is 9.30. The van der Waals surface area contributed by atoms with Gasteiger partial charge >= 0.3 is 0 Å². The van der Waals surface area contributed by atoms with E-state index in [2.05, 4.69) is 4.98 Å². The van der Waals surface area contributed by atoms with Crippen molar-refractivity contribution < 1.29 is 5.11 Å². The highest BCUT2D eigenvalue weighted by molar-refractivity contribution is 5.11. The third-order valence-corrected chi connectivity index (χ3v) is 1.58. The number of rotatable bonds is 2. The van der Waals surface area contributed by atoms with E-state index in [0.29, 0.717) is 6.42 Å². The van der Waals surface area contributed by atoms with E-state index < -0.39 is 6.10 Å². The molecule has 0 bridgehead atoms. The molecule has 0 saturated heterocycles. The summed E-state index contributed by atoms with van der Waals surface area (Å²) in [5.41, 5.74) is 0.615. The molecule has 1 aromatic rings. The Balaban J connectivity index is 2.89. The minimum absolute atomic E-state index is 0.142. The predicted octanol–water partition coefficient (Wildman–Crippen LogP) is 0.818. The highest BCUT2D eigenvalue weighted by atomic mass is 16.3. The van der Waals surface area contributed by atoms with Gasteiger partial charge < -0.3 is 10.1 Å². The summed E-state index contributed by atoms with van der Waals surface area (Å²) >= 11 is 0. The van der Waals surface area contributed by atoms with Crippen LogP contribution in [0.2, 0.25) is 0 Å². The molecule has 0 amide bonds. The Morgan fingerprint density at radius 3 is 2.82 bits per heavy atom.